The molecule has 0 amide bonds. The first-order valence-corrected chi connectivity index (χ1v) is 6.48. The van der Waals surface area contributed by atoms with E-state index in [1.165, 1.54) is 45.4 Å². The van der Waals surface area contributed by atoms with Crippen molar-refractivity contribution in [2.45, 2.75) is 12.8 Å². The molecular weight excluding hydrogens is 214 g/mol. The fourth-order valence-corrected chi connectivity index (χ4v) is 3.61. The maximum absolute atomic E-state index is 3.56. The van der Waals surface area contributed by atoms with E-state index in [-0.39, 0.29) is 0 Å². The first-order valence-electron chi connectivity index (χ1n) is 5.60. The molecule has 0 saturated carbocycles. The molecule has 1 aromatic carbocycles. The maximum Gasteiger partial charge on any atom is 0.0571 e. The fourth-order valence-electron chi connectivity index (χ4n) is 2.68. The third-order valence-corrected chi connectivity index (χ3v) is 4.41. The van der Waals surface area contributed by atoms with Crippen molar-refractivity contribution in [3.63, 3.8) is 0 Å². The van der Waals surface area contributed by atoms with Gasteiger partial charge in [0.25, 0.3) is 0 Å². The van der Waals surface area contributed by atoms with Gasteiger partial charge < -0.3 is 4.98 Å². The topological polar surface area (TPSA) is 15.8 Å². The molecule has 78 valence electrons. The molecular formula is C14H11NS. The predicted molar refractivity (Wildman–Crippen MR) is 69.0 cm³/mol. The van der Waals surface area contributed by atoms with Gasteiger partial charge in [-0.05, 0) is 35.4 Å². The van der Waals surface area contributed by atoms with Crippen molar-refractivity contribution in [3.05, 3.63) is 46.8 Å². The molecule has 0 unspecified atom stereocenters. The van der Waals surface area contributed by atoms with Crippen LogP contribution < -0.4 is 0 Å². The summed E-state index contributed by atoms with van der Waals surface area (Å²) in [5.41, 5.74) is 7.04. The van der Waals surface area contributed by atoms with Gasteiger partial charge in [-0.1, -0.05) is 24.3 Å². The third kappa shape index (κ3) is 1.000. The minimum absolute atomic E-state index is 1.17. The van der Waals surface area contributed by atoms with Crippen LogP contribution in [0.25, 0.3) is 21.5 Å². The Balaban J connectivity index is 2.10. The van der Waals surface area contributed by atoms with Crippen molar-refractivity contribution in [3.8, 4) is 11.3 Å². The molecule has 3 aromatic rings. The van der Waals surface area contributed by atoms with E-state index in [4.69, 9.17) is 0 Å². The zero-order valence-corrected chi connectivity index (χ0v) is 9.60. The predicted octanol–water partition coefficient (Wildman–Crippen LogP) is 4.00. The van der Waals surface area contributed by atoms with Gasteiger partial charge in [-0.25, -0.2) is 0 Å². The molecule has 0 spiro atoms. The van der Waals surface area contributed by atoms with Crippen LogP contribution in [0.15, 0.2) is 35.7 Å². The Morgan fingerprint density at radius 2 is 2.00 bits per heavy atom. The summed E-state index contributed by atoms with van der Waals surface area (Å²) in [6.45, 7) is 0. The van der Waals surface area contributed by atoms with Crippen molar-refractivity contribution in [1.29, 1.82) is 0 Å². The Morgan fingerprint density at radius 3 is 3.00 bits per heavy atom. The van der Waals surface area contributed by atoms with Crippen LogP contribution in [0.4, 0.5) is 0 Å². The molecule has 0 saturated heterocycles. The van der Waals surface area contributed by atoms with Crippen LogP contribution in [0.3, 0.4) is 0 Å². The second-order valence-corrected chi connectivity index (χ2v) is 5.22. The minimum Gasteiger partial charge on any atom is -0.354 e. The molecule has 2 heteroatoms. The maximum atomic E-state index is 3.56. The van der Waals surface area contributed by atoms with E-state index >= 15 is 0 Å². The average molecular weight is 225 g/mol. The summed E-state index contributed by atoms with van der Waals surface area (Å²) in [5, 5.41) is 2.17. The van der Waals surface area contributed by atoms with E-state index < -0.39 is 0 Å². The second-order valence-electron chi connectivity index (χ2n) is 4.30. The molecule has 16 heavy (non-hydrogen) atoms. The van der Waals surface area contributed by atoms with Crippen LogP contribution in [0, 0.1) is 0 Å². The number of hydrogen-bond donors (Lipinski definition) is 1. The molecule has 0 fully saturated rings. The first kappa shape index (κ1) is 8.59. The van der Waals surface area contributed by atoms with Crippen LogP contribution in [0.5, 0.6) is 0 Å². The van der Waals surface area contributed by atoms with Gasteiger partial charge in [-0.2, -0.15) is 0 Å². The Kier molecular flexibility index (Phi) is 1.60. The summed E-state index contributed by atoms with van der Waals surface area (Å²) in [4.78, 5) is 3.56. The Bertz CT molecular complexity index is 675. The van der Waals surface area contributed by atoms with E-state index in [0.717, 1.165) is 0 Å². The van der Waals surface area contributed by atoms with Gasteiger partial charge in [0, 0.05) is 5.56 Å². The van der Waals surface area contributed by atoms with Crippen molar-refractivity contribution in [2.24, 2.45) is 0 Å². The molecule has 4 rings (SSSR count). The second kappa shape index (κ2) is 2.98. The number of thiophene rings is 1. The quantitative estimate of drug-likeness (QED) is 0.595. The van der Waals surface area contributed by atoms with Crippen molar-refractivity contribution in [2.75, 3.05) is 0 Å². The van der Waals surface area contributed by atoms with Crippen molar-refractivity contribution in [1.82, 2.24) is 4.98 Å². The lowest BCUT2D eigenvalue weighted by Crippen LogP contribution is -2.01. The van der Waals surface area contributed by atoms with Gasteiger partial charge in [0.2, 0.25) is 0 Å². The SMILES string of the molecule is c1ccc2c(c1)CCc1c-2[nH]c2ccsc12. The molecule has 0 atom stereocenters. The lowest BCUT2D eigenvalue weighted by molar-refractivity contribution is 0.949. The number of nitrogens with one attached hydrogen (secondary N) is 1. The average Bonchev–Trinajstić information content (AvgIpc) is 2.88. The highest BCUT2D eigenvalue weighted by Crippen LogP contribution is 2.39. The number of hydrogen-bond acceptors (Lipinski definition) is 1. The number of rotatable bonds is 0. The Morgan fingerprint density at radius 1 is 1.06 bits per heavy atom. The van der Waals surface area contributed by atoms with Crippen molar-refractivity contribution >= 4 is 21.6 Å². The van der Waals surface area contributed by atoms with Crippen LogP contribution in [0.2, 0.25) is 0 Å². The molecule has 1 aliphatic rings. The van der Waals surface area contributed by atoms with Crippen LogP contribution in [-0.2, 0) is 12.8 Å². The molecule has 1 aliphatic carbocycles. The number of aromatic nitrogens is 1. The first-order chi connectivity index (χ1) is 7.93. The van der Waals surface area contributed by atoms with E-state index in [9.17, 15) is 0 Å². The summed E-state index contributed by atoms with van der Waals surface area (Å²) in [6, 6.07) is 10.9. The van der Waals surface area contributed by atoms with Gasteiger partial charge >= 0.3 is 0 Å². The zero-order valence-electron chi connectivity index (χ0n) is 8.79. The highest BCUT2D eigenvalue weighted by molar-refractivity contribution is 7.17. The Labute approximate surface area is 97.7 Å². The minimum atomic E-state index is 1.17. The van der Waals surface area contributed by atoms with E-state index in [0.29, 0.717) is 0 Å². The molecule has 0 radical (unpaired) electrons. The Hall–Kier alpha value is -1.54. The van der Waals surface area contributed by atoms with Crippen LogP contribution >= 0.6 is 11.3 Å². The van der Waals surface area contributed by atoms with Gasteiger partial charge in [-0.3, -0.25) is 0 Å². The smallest absolute Gasteiger partial charge is 0.0571 e. The third-order valence-electron chi connectivity index (χ3n) is 3.43. The fraction of sp³-hybridized carbons (Fsp3) is 0.143. The molecule has 1 nitrogen and oxygen atoms in total. The standard InChI is InChI=1S/C14H11NS/c1-2-4-10-9(3-1)5-6-11-13(10)15-12-7-8-16-14(11)12/h1-4,7-8,15H,5-6H2. The van der Waals surface area contributed by atoms with E-state index in [1.807, 2.05) is 11.3 Å². The lowest BCUT2D eigenvalue weighted by Gasteiger charge is -2.15. The van der Waals surface area contributed by atoms with Crippen molar-refractivity contribution < 1.29 is 0 Å². The largest absolute Gasteiger partial charge is 0.354 e. The van der Waals surface area contributed by atoms with E-state index in [2.05, 4.69) is 40.7 Å². The lowest BCUT2D eigenvalue weighted by atomic mass is 9.90. The number of aromatic amines is 1. The van der Waals surface area contributed by atoms with E-state index in [1.54, 1.807) is 0 Å². The molecule has 0 bridgehead atoms. The molecule has 1 N–H and O–H groups in total. The number of benzene rings is 1. The van der Waals surface area contributed by atoms with Gasteiger partial charge in [0.1, 0.15) is 0 Å². The van der Waals surface area contributed by atoms with Gasteiger partial charge in [-0.15, -0.1) is 11.3 Å². The normalized spacial score (nSPS) is 13.8. The molecule has 0 aliphatic heterocycles. The molecule has 2 aromatic heterocycles. The summed E-state index contributed by atoms with van der Waals surface area (Å²) in [5.74, 6) is 0. The molecule has 2 heterocycles. The number of H-pyrrole nitrogens is 1. The van der Waals surface area contributed by atoms with Crippen LogP contribution in [0.1, 0.15) is 11.1 Å². The van der Waals surface area contributed by atoms with Gasteiger partial charge in [0.15, 0.2) is 0 Å². The van der Waals surface area contributed by atoms with Gasteiger partial charge in [0.05, 0.1) is 15.9 Å². The highest BCUT2D eigenvalue weighted by Gasteiger charge is 2.20. The summed E-state index contributed by atoms with van der Waals surface area (Å²) in [7, 11) is 0. The monoisotopic (exact) mass is 225 g/mol. The number of aryl methyl sites for hydroxylation is 2. The summed E-state index contributed by atoms with van der Waals surface area (Å²) >= 11 is 1.85. The summed E-state index contributed by atoms with van der Waals surface area (Å²) < 4.78 is 1.45. The zero-order chi connectivity index (χ0) is 10.5. The highest BCUT2D eigenvalue weighted by atomic mass is 32.1. The summed E-state index contributed by atoms with van der Waals surface area (Å²) in [6.07, 6.45) is 2.35. The van der Waals surface area contributed by atoms with Crippen LogP contribution in [-0.4, -0.2) is 4.98 Å². The number of fused-ring (bicyclic) bond motifs is 5.